The molecule has 4 amide bonds. The van der Waals surface area contributed by atoms with Gasteiger partial charge in [-0.3, -0.25) is 4.79 Å². The van der Waals surface area contributed by atoms with Crippen molar-refractivity contribution in [1.29, 1.82) is 0 Å². The molecular weight excluding hydrogens is 556 g/mol. The number of carbonyl (C=O) groups excluding carboxylic acids is 3. The Morgan fingerprint density at radius 3 is 1.90 bits per heavy atom. The summed E-state index contributed by atoms with van der Waals surface area (Å²) in [5.41, 5.74) is -0.513. The van der Waals surface area contributed by atoms with Gasteiger partial charge in [0.15, 0.2) is 0 Å². The smallest absolute Gasteiger partial charge is 0.407 e. The third-order valence-electron chi connectivity index (χ3n) is 6.05. The monoisotopic (exact) mass is 606 g/mol. The molecule has 3 atom stereocenters. The molecule has 2 saturated heterocycles. The summed E-state index contributed by atoms with van der Waals surface area (Å²) >= 11 is 1.90. The van der Waals surface area contributed by atoms with Crippen molar-refractivity contribution < 1.29 is 42.8 Å². The maximum absolute atomic E-state index is 12.0. The van der Waals surface area contributed by atoms with Crippen LogP contribution < -0.4 is 21.3 Å². The quantitative estimate of drug-likeness (QED) is 0.0992. The van der Waals surface area contributed by atoms with E-state index >= 15 is 0 Å². The van der Waals surface area contributed by atoms with Crippen LogP contribution in [-0.4, -0.2) is 126 Å². The minimum atomic E-state index is -0.513. The van der Waals surface area contributed by atoms with E-state index in [-0.39, 0.29) is 24.0 Å². The van der Waals surface area contributed by atoms with Gasteiger partial charge in [0.05, 0.1) is 78.2 Å². The fourth-order valence-corrected chi connectivity index (χ4v) is 5.69. The topological polar surface area (TPSA) is 155 Å². The Balaban J connectivity index is 1.23. The van der Waals surface area contributed by atoms with E-state index in [1.54, 1.807) is 0 Å². The zero-order chi connectivity index (χ0) is 29.8. The second-order valence-electron chi connectivity index (χ2n) is 10.7. The van der Waals surface area contributed by atoms with Gasteiger partial charge in [0, 0.05) is 30.5 Å². The number of hydrogen-bond acceptors (Lipinski definition) is 10. The van der Waals surface area contributed by atoms with E-state index in [1.807, 2.05) is 32.5 Å². The number of alkyl carbamates (subject to hydrolysis) is 1. The van der Waals surface area contributed by atoms with Crippen LogP contribution in [0.5, 0.6) is 0 Å². The summed E-state index contributed by atoms with van der Waals surface area (Å²) in [6.07, 6.45) is 2.88. The van der Waals surface area contributed by atoms with Crippen molar-refractivity contribution in [1.82, 2.24) is 21.3 Å². The number of amides is 4. The molecule has 0 saturated carbocycles. The minimum absolute atomic E-state index is 0.0406. The first kappa shape index (κ1) is 35.4. The van der Waals surface area contributed by atoms with Gasteiger partial charge >= 0.3 is 12.1 Å². The van der Waals surface area contributed by atoms with E-state index in [0.29, 0.717) is 90.8 Å². The van der Waals surface area contributed by atoms with E-state index in [1.165, 1.54) is 0 Å². The summed E-state index contributed by atoms with van der Waals surface area (Å²) in [6, 6.07) is 0.409. The lowest BCUT2D eigenvalue weighted by Gasteiger charge is -2.19. The maximum Gasteiger partial charge on any atom is 0.407 e. The molecule has 0 radical (unpaired) electrons. The number of urea groups is 1. The standard InChI is InChI=1S/C27H50N4O9S/c1-27(2,3)40-26(34)29-9-11-36-13-15-38-17-19-39-18-16-37-14-12-35-10-8-28-23(32)7-5-4-6-22-24-21(20-41-22)30-25(33)31-24/h21-22,24H,4-20H2,1-3H3,(H,28,32)(H,29,34)(H2,30,31,33)/t21-,22-,24-/m0/s1. The van der Waals surface area contributed by atoms with Crippen LogP contribution in [0.15, 0.2) is 0 Å². The Labute approximate surface area is 248 Å². The van der Waals surface area contributed by atoms with Gasteiger partial charge in [0.2, 0.25) is 5.91 Å². The second-order valence-corrected chi connectivity index (χ2v) is 12.0. The number of rotatable bonds is 23. The average molecular weight is 607 g/mol. The van der Waals surface area contributed by atoms with Crippen LogP contribution in [0.1, 0.15) is 46.5 Å². The van der Waals surface area contributed by atoms with Crippen molar-refractivity contribution >= 4 is 29.8 Å². The molecule has 0 unspecified atom stereocenters. The fraction of sp³-hybridized carbons (Fsp3) is 0.889. The van der Waals surface area contributed by atoms with E-state index in [4.69, 9.17) is 28.4 Å². The lowest BCUT2D eigenvalue weighted by Crippen LogP contribution is -2.36. The van der Waals surface area contributed by atoms with Gasteiger partial charge in [-0.05, 0) is 33.6 Å². The summed E-state index contributed by atoms with van der Waals surface area (Å²) in [7, 11) is 0. The minimum Gasteiger partial charge on any atom is -0.444 e. The molecule has 13 nitrogen and oxygen atoms in total. The number of fused-ring (bicyclic) bond motifs is 1. The van der Waals surface area contributed by atoms with Gasteiger partial charge in [-0.25, -0.2) is 9.59 Å². The Kier molecular flexibility index (Phi) is 18.1. The molecule has 0 spiro atoms. The molecule has 2 rings (SSSR count). The van der Waals surface area contributed by atoms with Crippen molar-refractivity contribution in [2.75, 3.05) is 84.9 Å². The van der Waals surface area contributed by atoms with Crippen LogP contribution in [0.25, 0.3) is 0 Å². The summed E-state index contributed by atoms with van der Waals surface area (Å²) in [5, 5.41) is 11.9. The molecule has 4 N–H and O–H groups in total. The molecule has 0 aromatic heterocycles. The van der Waals surface area contributed by atoms with Gasteiger partial charge in [-0.15, -0.1) is 0 Å². The molecule has 2 heterocycles. The molecule has 2 fully saturated rings. The average Bonchev–Trinajstić information content (AvgIpc) is 3.46. The molecule has 2 aliphatic heterocycles. The van der Waals surface area contributed by atoms with Crippen molar-refractivity contribution in [3.05, 3.63) is 0 Å². The zero-order valence-corrected chi connectivity index (χ0v) is 25.7. The number of thioether (sulfide) groups is 1. The fourth-order valence-electron chi connectivity index (χ4n) is 4.15. The highest BCUT2D eigenvalue weighted by molar-refractivity contribution is 8.00. The first-order chi connectivity index (χ1) is 19.7. The van der Waals surface area contributed by atoms with Crippen molar-refractivity contribution in [2.45, 2.75) is 69.4 Å². The number of hydrogen-bond donors (Lipinski definition) is 4. The third-order valence-corrected chi connectivity index (χ3v) is 7.56. The lowest BCUT2D eigenvalue weighted by atomic mass is 10.0. The Morgan fingerprint density at radius 2 is 1.34 bits per heavy atom. The van der Waals surface area contributed by atoms with Crippen molar-refractivity contribution in [3.63, 3.8) is 0 Å². The highest BCUT2D eigenvalue weighted by Crippen LogP contribution is 2.33. The molecule has 14 heteroatoms. The van der Waals surface area contributed by atoms with Gasteiger partial charge in [-0.1, -0.05) is 6.42 Å². The third kappa shape index (κ3) is 17.7. The Morgan fingerprint density at radius 1 is 0.805 bits per heavy atom. The molecule has 41 heavy (non-hydrogen) atoms. The van der Waals surface area contributed by atoms with Crippen molar-refractivity contribution in [2.24, 2.45) is 0 Å². The molecule has 0 bridgehead atoms. The van der Waals surface area contributed by atoms with E-state index in [0.717, 1.165) is 25.0 Å². The SMILES string of the molecule is CC(C)(C)OC(=O)NCCOCCOCCOCCOCCOCCNC(=O)CCCC[C@@H]1SC[C@@H]2NC(=O)N[C@@H]21. The highest BCUT2D eigenvalue weighted by atomic mass is 32.2. The van der Waals surface area contributed by atoms with Gasteiger partial charge < -0.3 is 49.7 Å². The first-order valence-corrected chi connectivity index (χ1v) is 15.6. The van der Waals surface area contributed by atoms with E-state index in [2.05, 4.69) is 21.3 Å². The van der Waals surface area contributed by atoms with Crippen LogP contribution in [0.4, 0.5) is 9.59 Å². The second kappa shape index (κ2) is 20.9. The van der Waals surface area contributed by atoms with Gasteiger partial charge in [0.1, 0.15) is 5.60 Å². The number of unbranched alkanes of at least 4 members (excludes halogenated alkanes) is 1. The molecule has 0 aromatic rings. The van der Waals surface area contributed by atoms with E-state index in [9.17, 15) is 14.4 Å². The highest BCUT2D eigenvalue weighted by Gasteiger charge is 2.42. The van der Waals surface area contributed by atoms with Crippen LogP contribution in [0.2, 0.25) is 0 Å². The Hall–Kier alpha value is -1.84. The first-order valence-electron chi connectivity index (χ1n) is 14.6. The molecular formula is C27H50N4O9S. The van der Waals surface area contributed by atoms with Gasteiger partial charge in [-0.2, -0.15) is 11.8 Å². The van der Waals surface area contributed by atoms with E-state index < -0.39 is 11.7 Å². The van der Waals surface area contributed by atoms with Crippen LogP contribution in [0.3, 0.4) is 0 Å². The largest absolute Gasteiger partial charge is 0.444 e. The predicted molar refractivity (Wildman–Crippen MR) is 155 cm³/mol. The summed E-state index contributed by atoms with van der Waals surface area (Å²) < 4.78 is 32.3. The number of carbonyl (C=O) groups is 3. The van der Waals surface area contributed by atoms with Crippen LogP contribution in [-0.2, 0) is 33.2 Å². The zero-order valence-electron chi connectivity index (χ0n) is 24.8. The Bertz CT molecular complexity index is 757. The molecule has 2 aliphatic rings. The summed E-state index contributed by atoms with van der Waals surface area (Å²) in [5.74, 6) is 1.00. The van der Waals surface area contributed by atoms with Gasteiger partial charge in [0.25, 0.3) is 0 Å². The number of nitrogens with one attached hydrogen (secondary N) is 4. The molecule has 0 aliphatic carbocycles. The summed E-state index contributed by atoms with van der Waals surface area (Å²) in [6.45, 7) is 10.8. The number of ether oxygens (including phenoxy) is 6. The molecule has 238 valence electrons. The molecule has 0 aromatic carbocycles. The maximum atomic E-state index is 12.0. The predicted octanol–water partition coefficient (Wildman–Crippen LogP) is 1.44. The van der Waals surface area contributed by atoms with Crippen LogP contribution >= 0.6 is 11.8 Å². The van der Waals surface area contributed by atoms with Crippen molar-refractivity contribution in [3.8, 4) is 0 Å². The summed E-state index contributed by atoms with van der Waals surface area (Å²) in [4.78, 5) is 34.9. The lowest BCUT2D eigenvalue weighted by molar-refractivity contribution is -0.121. The van der Waals surface area contributed by atoms with Crippen LogP contribution in [0, 0.1) is 0 Å². The normalized spacial score (nSPS) is 19.9.